The molecule has 1 aliphatic heterocycles. The van der Waals surface area contributed by atoms with Gasteiger partial charge in [0.05, 0.1) is 16.8 Å². The van der Waals surface area contributed by atoms with Crippen LogP contribution in [0.4, 0.5) is 28.4 Å². The predicted octanol–water partition coefficient (Wildman–Crippen LogP) is 4.12. The van der Waals surface area contributed by atoms with Crippen LogP contribution in [0.15, 0.2) is 36.7 Å². The van der Waals surface area contributed by atoms with E-state index in [1.807, 2.05) is 0 Å². The van der Waals surface area contributed by atoms with Gasteiger partial charge in [-0.25, -0.2) is 9.59 Å². The molecule has 1 aromatic carbocycles. The van der Waals surface area contributed by atoms with Crippen molar-refractivity contribution in [2.45, 2.75) is 51.4 Å². The average Bonchev–Trinajstić information content (AvgIpc) is 3.15. The zero-order chi connectivity index (χ0) is 26.0. The third kappa shape index (κ3) is 6.90. The number of anilines is 1. The molecule has 4 amide bonds. The summed E-state index contributed by atoms with van der Waals surface area (Å²) in [5.74, 6) is -0.532. The quantitative estimate of drug-likeness (QED) is 0.591. The van der Waals surface area contributed by atoms with E-state index < -0.39 is 35.4 Å². The molecule has 0 saturated carbocycles. The SMILES string of the molecule is CC(C)(C)OC(=O)N1CCCC(NC(=O)c2cn(-c3ccc(C(F)(F)F)cc3)cc2NC(N)=O)C1. The molecule has 0 aliphatic carbocycles. The summed E-state index contributed by atoms with van der Waals surface area (Å²) in [4.78, 5) is 38.4. The number of aromatic nitrogens is 1. The molecule has 4 N–H and O–H groups in total. The number of piperidine rings is 1. The Morgan fingerprint density at radius 2 is 1.74 bits per heavy atom. The first kappa shape index (κ1) is 25.9. The molecule has 190 valence electrons. The Labute approximate surface area is 200 Å². The van der Waals surface area contributed by atoms with Crippen LogP contribution in [0.1, 0.15) is 49.5 Å². The van der Waals surface area contributed by atoms with Gasteiger partial charge in [0.25, 0.3) is 5.91 Å². The molecular weight excluding hydrogens is 467 g/mol. The van der Waals surface area contributed by atoms with Crippen LogP contribution in [-0.4, -0.2) is 52.2 Å². The second-order valence-electron chi connectivity index (χ2n) is 9.27. The summed E-state index contributed by atoms with van der Waals surface area (Å²) < 4.78 is 45.4. The maximum absolute atomic E-state index is 13.1. The minimum absolute atomic E-state index is 0.0677. The maximum Gasteiger partial charge on any atom is 0.416 e. The molecule has 2 aromatic rings. The molecule has 2 heterocycles. The highest BCUT2D eigenvalue weighted by molar-refractivity contribution is 6.03. The van der Waals surface area contributed by atoms with Gasteiger partial charge in [-0.1, -0.05) is 0 Å². The van der Waals surface area contributed by atoms with Crippen LogP contribution in [0.25, 0.3) is 5.69 Å². The monoisotopic (exact) mass is 495 g/mol. The molecule has 1 unspecified atom stereocenters. The summed E-state index contributed by atoms with van der Waals surface area (Å²) in [6.45, 7) is 6.05. The fraction of sp³-hybridized carbons (Fsp3) is 0.435. The summed E-state index contributed by atoms with van der Waals surface area (Å²) in [6, 6.07) is 3.07. The van der Waals surface area contributed by atoms with Crippen molar-refractivity contribution in [2.75, 3.05) is 18.4 Å². The van der Waals surface area contributed by atoms with Crippen LogP contribution in [0.3, 0.4) is 0 Å². The summed E-state index contributed by atoms with van der Waals surface area (Å²) >= 11 is 0. The van der Waals surface area contributed by atoms with Gasteiger partial charge in [-0.15, -0.1) is 0 Å². The average molecular weight is 496 g/mol. The van der Waals surface area contributed by atoms with Gasteiger partial charge in [0.2, 0.25) is 0 Å². The van der Waals surface area contributed by atoms with E-state index >= 15 is 0 Å². The van der Waals surface area contributed by atoms with Crippen LogP contribution < -0.4 is 16.4 Å². The van der Waals surface area contributed by atoms with Crippen molar-refractivity contribution < 1.29 is 32.3 Å². The van der Waals surface area contributed by atoms with E-state index in [4.69, 9.17) is 10.5 Å². The summed E-state index contributed by atoms with van der Waals surface area (Å²) in [6.07, 6.45) is -0.896. The number of hydrogen-bond acceptors (Lipinski definition) is 4. The number of rotatable bonds is 4. The van der Waals surface area contributed by atoms with E-state index in [-0.39, 0.29) is 23.8 Å². The Kier molecular flexibility index (Phi) is 7.32. The third-order valence-corrected chi connectivity index (χ3v) is 5.23. The molecule has 1 saturated heterocycles. The van der Waals surface area contributed by atoms with Crippen LogP contribution >= 0.6 is 0 Å². The van der Waals surface area contributed by atoms with Gasteiger partial charge in [0, 0.05) is 37.2 Å². The highest BCUT2D eigenvalue weighted by Gasteiger charge is 2.31. The number of carbonyl (C=O) groups excluding carboxylic acids is 3. The fourth-order valence-corrected chi connectivity index (χ4v) is 3.69. The van der Waals surface area contributed by atoms with E-state index in [9.17, 15) is 27.6 Å². The Morgan fingerprint density at radius 3 is 2.31 bits per heavy atom. The zero-order valence-corrected chi connectivity index (χ0v) is 19.6. The molecule has 3 rings (SSSR count). The molecule has 1 fully saturated rings. The number of halogens is 3. The van der Waals surface area contributed by atoms with Gasteiger partial charge in [0.1, 0.15) is 5.60 Å². The van der Waals surface area contributed by atoms with Crippen LogP contribution in [0, 0.1) is 0 Å². The van der Waals surface area contributed by atoms with Gasteiger partial charge < -0.3 is 30.6 Å². The van der Waals surface area contributed by atoms with E-state index in [1.54, 1.807) is 20.8 Å². The number of nitrogens with two attached hydrogens (primary N) is 1. The Balaban J connectivity index is 1.77. The molecule has 0 bridgehead atoms. The highest BCUT2D eigenvalue weighted by atomic mass is 19.4. The lowest BCUT2D eigenvalue weighted by Crippen LogP contribution is -2.50. The molecular formula is C23H28F3N5O4. The largest absolute Gasteiger partial charge is 0.444 e. The van der Waals surface area contributed by atoms with E-state index in [0.717, 1.165) is 12.1 Å². The van der Waals surface area contributed by atoms with Gasteiger partial charge in [0.15, 0.2) is 0 Å². The first-order valence-electron chi connectivity index (χ1n) is 11.0. The molecule has 1 atom stereocenters. The molecule has 9 nitrogen and oxygen atoms in total. The van der Waals surface area contributed by atoms with Crippen LogP contribution in [0.5, 0.6) is 0 Å². The molecule has 35 heavy (non-hydrogen) atoms. The molecule has 1 aliphatic rings. The number of urea groups is 1. The van der Waals surface area contributed by atoms with Gasteiger partial charge in [-0.05, 0) is 57.9 Å². The second kappa shape index (κ2) is 9.88. The predicted molar refractivity (Wildman–Crippen MR) is 122 cm³/mol. The molecule has 0 radical (unpaired) electrons. The van der Waals surface area contributed by atoms with Crippen LogP contribution in [-0.2, 0) is 10.9 Å². The van der Waals surface area contributed by atoms with Crippen molar-refractivity contribution in [1.82, 2.24) is 14.8 Å². The number of alkyl halides is 3. The lowest BCUT2D eigenvalue weighted by Gasteiger charge is -2.34. The summed E-state index contributed by atoms with van der Waals surface area (Å²) in [5.41, 5.74) is 4.27. The first-order chi connectivity index (χ1) is 16.2. The molecule has 0 spiro atoms. The zero-order valence-electron chi connectivity index (χ0n) is 19.6. The van der Waals surface area contributed by atoms with Crippen LogP contribution in [0.2, 0.25) is 0 Å². The van der Waals surface area contributed by atoms with Crippen molar-refractivity contribution in [3.8, 4) is 5.69 Å². The number of nitrogens with zero attached hydrogens (tertiary/aromatic N) is 2. The highest BCUT2D eigenvalue weighted by Crippen LogP contribution is 2.30. The number of likely N-dealkylation sites (tertiary alicyclic amines) is 1. The smallest absolute Gasteiger partial charge is 0.416 e. The van der Waals surface area contributed by atoms with Gasteiger partial charge in [-0.3, -0.25) is 4.79 Å². The summed E-state index contributed by atoms with van der Waals surface area (Å²) in [5, 5.41) is 5.21. The third-order valence-electron chi connectivity index (χ3n) is 5.23. The van der Waals surface area contributed by atoms with Crippen molar-refractivity contribution in [3.05, 3.63) is 47.8 Å². The van der Waals surface area contributed by atoms with E-state index in [2.05, 4.69) is 10.6 Å². The lowest BCUT2D eigenvalue weighted by atomic mass is 10.1. The fourth-order valence-electron chi connectivity index (χ4n) is 3.69. The number of amides is 4. The van der Waals surface area contributed by atoms with Gasteiger partial charge in [-0.2, -0.15) is 13.2 Å². The maximum atomic E-state index is 13.1. The minimum Gasteiger partial charge on any atom is -0.444 e. The van der Waals surface area contributed by atoms with Crippen molar-refractivity contribution >= 4 is 23.7 Å². The Hall–Kier alpha value is -3.70. The van der Waals surface area contributed by atoms with Crippen molar-refractivity contribution in [1.29, 1.82) is 0 Å². The Bertz CT molecular complexity index is 1090. The standard InChI is InChI=1S/C23H28F3N5O4/c1-22(2,3)35-21(34)30-10-4-5-15(11-30)28-19(32)17-12-31(13-18(17)29-20(27)33)16-8-6-14(7-9-16)23(24,25)26/h6-9,12-13,15H,4-5,10-11H2,1-3H3,(H,28,32)(H3,27,29,33). The first-order valence-corrected chi connectivity index (χ1v) is 11.0. The number of benzene rings is 1. The topological polar surface area (TPSA) is 119 Å². The summed E-state index contributed by atoms with van der Waals surface area (Å²) in [7, 11) is 0. The minimum atomic E-state index is -4.48. The molecule has 1 aromatic heterocycles. The number of hydrogen-bond donors (Lipinski definition) is 3. The second-order valence-corrected chi connectivity index (χ2v) is 9.27. The number of nitrogens with one attached hydrogen (secondary N) is 2. The normalized spacial score (nSPS) is 16.5. The number of ether oxygens (including phenoxy) is 1. The van der Waals surface area contributed by atoms with Crippen molar-refractivity contribution in [2.24, 2.45) is 5.73 Å². The van der Waals surface area contributed by atoms with E-state index in [0.29, 0.717) is 25.1 Å². The molecule has 12 heteroatoms. The van der Waals surface area contributed by atoms with Gasteiger partial charge >= 0.3 is 18.3 Å². The number of primary amides is 1. The number of carbonyl (C=O) groups is 3. The lowest BCUT2D eigenvalue weighted by molar-refractivity contribution is -0.137. The Morgan fingerprint density at radius 1 is 1.09 bits per heavy atom. The van der Waals surface area contributed by atoms with E-state index in [1.165, 1.54) is 34.0 Å². The van der Waals surface area contributed by atoms with Crippen molar-refractivity contribution in [3.63, 3.8) is 0 Å².